The molecule has 0 radical (unpaired) electrons. The molecule has 2 aromatic rings. The zero-order chi connectivity index (χ0) is 19.4. The topological polar surface area (TPSA) is 58.2 Å². The van der Waals surface area contributed by atoms with Gasteiger partial charge in [0.1, 0.15) is 5.82 Å². The van der Waals surface area contributed by atoms with Crippen LogP contribution in [0.3, 0.4) is 0 Å². The molecule has 3 rings (SSSR count). The van der Waals surface area contributed by atoms with Crippen molar-refractivity contribution in [2.45, 2.75) is 32.2 Å². The molecule has 0 saturated heterocycles. The first-order chi connectivity index (χ1) is 12.9. The summed E-state index contributed by atoms with van der Waals surface area (Å²) < 4.78 is 13.6. The summed E-state index contributed by atoms with van der Waals surface area (Å²) in [6.45, 7) is 0.215. The molecule has 2 aromatic carbocycles. The summed E-state index contributed by atoms with van der Waals surface area (Å²) in [5.41, 5.74) is 1.51. The van der Waals surface area contributed by atoms with Crippen LogP contribution in [0.5, 0.6) is 0 Å². The van der Waals surface area contributed by atoms with Crippen LogP contribution in [0.15, 0.2) is 36.4 Å². The summed E-state index contributed by atoms with van der Waals surface area (Å²) >= 11 is 11.6. The van der Waals surface area contributed by atoms with Crippen molar-refractivity contribution in [3.05, 3.63) is 63.4 Å². The zero-order valence-corrected chi connectivity index (χ0v) is 16.0. The molecule has 7 heteroatoms. The second-order valence-electron chi connectivity index (χ2n) is 6.60. The molecule has 142 valence electrons. The molecule has 0 unspecified atom stereocenters. The number of halogens is 3. The molecule has 1 aliphatic carbocycles. The predicted molar refractivity (Wildman–Crippen MR) is 105 cm³/mol. The molecule has 0 heterocycles. The fourth-order valence-electron chi connectivity index (χ4n) is 3.17. The third-order valence-electron chi connectivity index (χ3n) is 4.63. The largest absolute Gasteiger partial charge is 0.348 e. The molecule has 0 spiro atoms. The van der Waals surface area contributed by atoms with Crippen molar-refractivity contribution in [3.63, 3.8) is 0 Å². The SMILES string of the molecule is O=C(NCc1cccc(NC(=O)C2CCCC2)c1)c1cc(F)c(Cl)cc1Cl. The Bertz CT molecular complexity index is 867. The molecular formula is C20H19Cl2FN2O2. The minimum Gasteiger partial charge on any atom is -0.348 e. The van der Waals surface area contributed by atoms with Gasteiger partial charge in [-0.25, -0.2) is 4.39 Å². The van der Waals surface area contributed by atoms with Crippen molar-refractivity contribution in [2.75, 3.05) is 5.32 Å². The Hall–Kier alpha value is -2.11. The van der Waals surface area contributed by atoms with Crippen LogP contribution in [0.4, 0.5) is 10.1 Å². The second kappa shape index (κ2) is 8.72. The number of benzene rings is 2. The Kier molecular flexibility index (Phi) is 6.34. The van der Waals surface area contributed by atoms with Crippen molar-refractivity contribution >= 4 is 40.7 Å². The Balaban J connectivity index is 1.62. The summed E-state index contributed by atoms with van der Waals surface area (Å²) in [7, 11) is 0. The maximum Gasteiger partial charge on any atom is 0.253 e. The molecule has 1 aliphatic rings. The lowest BCUT2D eigenvalue weighted by atomic mass is 10.1. The van der Waals surface area contributed by atoms with Gasteiger partial charge in [0.2, 0.25) is 5.91 Å². The van der Waals surface area contributed by atoms with Crippen LogP contribution in [0.2, 0.25) is 10.0 Å². The van der Waals surface area contributed by atoms with Crippen molar-refractivity contribution in [1.29, 1.82) is 0 Å². The van der Waals surface area contributed by atoms with Crippen LogP contribution < -0.4 is 10.6 Å². The fourth-order valence-corrected chi connectivity index (χ4v) is 3.63. The second-order valence-corrected chi connectivity index (χ2v) is 7.41. The molecule has 1 fully saturated rings. The van der Waals surface area contributed by atoms with Gasteiger partial charge in [-0.15, -0.1) is 0 Å². The van der Waals surface area contributed by atoms with Gasteiger partial charge in [0, 0.05) is 18.2 Å². The molecule has 4 nitrogen and oxygen atoms in total. The van der Waals surface area contributed by atoms with E-state index in [9.17, 15) is 14.0 Å². The number of hydrogen-bond donors (Lipinski definition) is 2. The smallest absolute Gasteiger partial charge is 0.253 e. The van der Waals surface area contributed by atoms with E-state index in [0.29, 0.717) is 5.69 Å². The lowest BCUT2D eigenvalue weighted by molar-refractivity contribution is -0.119. The highest BCUT2D eigenvalue weighted by atomic mass is 35.5. The molecule has 1 saturated carbocycles. The van der Waals surface area contributed by atoms with Crippen LogP contribution in [0.25, 0.3) is 0 Å². The molecule has 0 bridgehead atoms. The fraction of sp³-hybridized carbons (Fsp3) is 0.300. The third-order valence-corrected chi connectivity index (χ3v) is 5.23. The highest BCUT2D eigenvalue weighted by molar-refractivity contribution is 6.36. The number of nitrogens with one attached hydrogen (secondary N) is 2. The van der Waals surface area contributed by atoms with Crippen molar-refractivity contribution in [1.82, 2.24) is 5.32 Å². The van der Waals surface area contributed by atoms with Gasteiger partial charge in [0.15, 0.2) is 0 Å². The number of amides is 2. The van der Waals surface area contributed by atoms with Crippen molar-refractivity contribution in [3.8, 4) is 0 Å². The van der Waals surface area contributed by atoms with E-state index in [-0.39, 0.29) is 34.0 Å². The van der Waals surface area contributed by atoms with Gasteiger partial charge >= 0.3 is 0 Å². The predicted octanol–water partition coefficient (Wildman–Crippen LogP) is 5.19. The quantitative estimate of drug-likeness (QED) is 0.668. The van der Waals surface area contributed by atoms with E-state index in [1.54, 1.807) is 12.1 Å². The minimum absolute atomic E-state index is 0.0178. The summed E-state index contributed by atoms with van der Waals surface area (Å²) in [5, 5.41) is 5.57. The lowest BCUT2D eigenvalue weighted by Gasteiger charge is -2.12. The van der Waals surface area contributed by atoms with Gasteiger partial charge in [-0.1, -0.05) is 48.2 Å². The zero-order valence-electron chi connectivity index (χ0n) is 14.5. The van der Waals surface area contributed by atoms with E-state index in [1.807, 2.05) is 12.1 Å². The van der Waals surface area contributed by atoms with Gasteiger partial charge < -0.3 is 10.6 Å². The normalized spacial score (nSPS) is 14.2. The number of carbonyl (C=O) groups is 2. The van der Waals surface area contributed by atoms with E-state index in [2.05, 4.69) is 10.6 Å². The van der Waals surface area contributed by atoms with Gasteiger partial charge in [-0.2, -0.15) is 0 Å². The summed E-state index contributed by atoms with van der Waals surface area (Å²) in [6.07, 6.45) is 4.05. The van der Waals surface area contributed by atoms with E-state index in [4.69, 9.17) is 23.2 Å². The van der Waals surface area contributed by atoms with E-state index < -0.39 is 11.7 Å². The maximum atomic E-state index is 13.6. The van der Waals surface area contributed by atoms with Crippen LogP contribution >= 0.6 is 23.2 Å². The van der Waals surface area contributed by atoms with Crippen LogP contribution in [0.1, 0.15) is 41.6 Å². The van der Waals surface area contributed by atoms with E-state index >= 15 is 0 Å². The number of anilines is 1. The van der Waals surface area contributed by atoms with Crippen molar-refractivity contribution < 1.29 is 14.0 Å². The molecule has 0 atom stereocenters. The molecule has 0 aliphatic heterocycles. The van der Waals surface area contributed by atoms with Gasteiger partial charge in [0.25, 0.3) is 5.91 Å². The highest BCUT2D eigenvalue weighted by Gasteiger charge is 2.22. The third kappa shape index (κ3) is 4.99. The standard InChI is InChI=1S/C20H19Cl2FN2O2/c21-16-10-17(22)18(23)9-15(16)20(27)24-11-12-4-3-7-14(8-12)25-19(26)13-5-1-2-6-13/h3-4,7-10,13H,1-2,5-6,11H2,(H,24,27)(H,25,26). The number of hydrogen-bond acceptors (Lipinski definition) is 2. The van der Waals surface area contributed by atoms with E-state index in [0.717, 1.165) is 37.3 Å². The molecule has 2 N–H and O–H groups in total. The minimum atomic E-state index is -0.706. The molecule has 0 aromatic heterocycles. The average molecular weight is 409 g/mol. The monoisotopic (exact) mass is 408 g/mol. The number of rotatable bonds is 5. The Morgan fingerprint density at radius 2 is 1.81 bits per heavy atom. The summed E-state index contributed by atoms with van der Waals surface area (Å²) in [5.74, 6) is -1.09. The maximum absolute atomic E-state index is 13.6. The van der Waals surface area contributed by atoms with Crippen molar-refractivity contribution in [2.24, 2.45) is 5.92 Å². The first-order valence-electron chi connectivity index (χ1n) is 8.76. The molecular weight excluding hydrogens is 390 g/mol. The molecule has 27 heavy (non-hydrogen) atoms. The lowest BCUT2D eigenvalue weighted by Crippen LogP contribution is -2.23. The van der Waals surface area contributed by atoms with E-state index in [1.165, 1.54) is 6.07 Å². The highest BCUT2D eigenvalue weighted by Crippen LogP contribution is 2.26. The Labute approximate surface area is 167 Å². The number of carbonyl (C=O) groups excluding carboxylic acids is 2. The molecule has 2 amide bonds. The Morgan fingerprint density at radius 1 is 1.07 bits per heavy atom. The summed E-state index contributed by atoms with van der Waals surface area (Å²) in [6, 6.07) is 9.46. The van der Waals surface area contributed by atoms with Gasteiger partial charge in [-0.05, 0) is 42.7 Å². The average Bonchev–Trinajstić information content (AvgIpc) is 3.18. The first-order valence-corrected chi connectivity index (χ1v) is 9.52. The van der Waals surface area contributed by atoms with Crippen LogP contribution in [-0.4, -0.2) is 11.8 Å². The van der Waals surface area contributed by atoms with Crippen LogP contribution in [0, 0.1) is 11.7 Å². The van der Waals surface area contributed by atoms with Gasteiger partial charge in [0.05, 0.1) is 15.6 Å². The summed E-state index contributed by atoms with van der Waals surface area (Å²) in [4.78, 5) is 24.5. The Morgan fingerprint density at radius 3 is 2.56 bits per heavy atom. The van der Waals surface area contributed by atoms with Crippen LogP contribution in [-0.2, 0) is 11.3 Å². The van der Waals surface area contributed by atoms with Gasteiger partial charge in [-0.3, -0.25) is 9.59 Å². The first kappa shape index (κ1) is 19.6.